The Morgan fingerprint density at radius 1 is 1.12 bits per heavy atom. The zero-order chi connectivity index (χ0) is 11.9. The van der Waals surface area contributed by atoms with Crippen molar-refractivity contribution in [3.8, 4) is 0 Å². The average Bonchev–Trinajstić information content (AvgIpc) is 2.28. The molecular formula is C14H17FIN. The first-order chi connectivity index (χ1) is 8.20. The molecule has 1 spiro atoms. The van der Waals surface area contributed by atoms with E-state index in [9.17, 15) is 4.39 Å². The highest BCUT2D eigenvalue weighted by atomic mass is 127. The molecule has 17 heavy (non-hydrogen) atoms. The van der Waals surface area contributed by atoms with Crippen LogP contribution >= 0.6 is 22.6 Å². The highest BCUT2D eigenvalue weighted by molar-refractivity contribution is 14.1. The van der Waals surface area contributed by atoms with E-state index in [1.54, 1.807) is 12.1 Å². The molecule has 0 atom stereocenters. The van der Waals surface area contributed by atoms with Gasteiger partial charge in [-0.15, -0.1) is 0 Å². The second-order valence-electron chi connectivity index (χ2n) is 5.41. The molecule has 1 aromatic carbocycles. The Hall–Kier alpha value is -0.320. The van der Waals surface area contributed by atoms with Crippen molar-refractivity contribution in [2.75, 3.05) is 18.0 Å². The molecule has 3 rings (SSSR count). The van der Waals surface area contributed by atoms with Crippen molar-refractivity contribution in [3.05, 3.63) is 27.6 Å². The van der Waals surface area contributed by atoms with Crippen LogP contribution in [0, 0.1) is 14.8 Å². The van der Waals surface area contributed by atoms with Crippen LogP contribution in [0.25, 0.3) is 0 Å². The van der Waals surface area contributed by atoms with Gasteiger partial charge in [0.2, 0.25) is 0 Å². The topological polar surface area (TPSA) is 3.24 Å². The first kappa shape index (κ1) is 11.8. The monoisotopic (exact) mass is 345 g/mol. The highest BCUT2D eigenvalue weighted by Gasteiger charge is 2.39. The Kier molecular flexibility index (Phi) is 3.05. The number of hydrogen-bond donors (Lipinski definition) is 0. The molecule has 0 amide bonds. The number of hydrogen-bond acceptors (Lipinski definition) is 1. The Bertz CT molecular complexity index is 398. The van der Waals surface area contributed by atoms with Crippen molar-refractivity contribution in [1.82, 2.24) is 0 Å². The first-order valence-electron chi connectivity index (χ1n) is 6.39. The van der Waals surface area contributed by atoms with Crippen molar-refractivity contribution in [3.63, 3.8) is 0 Å². The maximum atomic E-state index is 13.9. The molecule has 1 nitrogen and oxygen atoms in total. The van der Waals surface area contributed by atoms with Crippen molar-refractivity contribution in [1.29, 1.82) is 0 Å². The van der Waals surface area contributed by atoms with E-state index < -0.39 is 0 Å². The summed E-state index contributed by atoms with van der Waals surface area (Å²) in [4.78, 5) is 2.24. The van der Waals surface area contributed by atoms with E-state index in [1.807, 2.05) is 6.07 Å². The third-order valence-electron chi connectivity index (χ3n) is 4.49. The number of piperidine rings is 1. The van der Waals surface area contributed by atoms with E-state index >= 15 is 0 Å². The number of halogens is 2. The average molecular weight is 345 g/mol. The molecule has 2 fully saturated rings. The fraction of sp³-hybridized carbons (Fsp3) is 0.571. The minimum absolute atomic E-state index is 0.0681. The minimum Gasteiger partial charge on any atom is -0.368 e. The van der Waals surface area contributed by atoms with Crippen LogP contribution in [0.5, 0.6) is 0 Å². The molecule has 1 aromatic rings. The second kappa shape index (κ2) is 4.41. The Morgan fingerprint density at radius 2 is 1.82 bits per heavy atom. The molecule has 1 aliphatic carbocycles. The van der Waals surface area contributed by atoms with Gasteiger partial charge in [0.05, 0.1) is 5.69 Å². The minimum atomic E-state index is -0.0681. The summed E-state index contributed by atoms with van der Waals surface area (Å²) >= 11 is 2.24. The summed E-state index contributed by atoms with van der Waals surface area (Å²) in [6.07, 6.45) is 6.69. The summed E-state index contributed by atoms with van der Waals surface area (Å²) in [6.45, 7) is 2.05. The number of rotatable bonds is 1. The predicted molar refractivity (Wildman–Crippen MR) is 76.8 cm³/mol. The van der Waals surface area contributed by atoms with Gasteiger partial charge in [0.15, 0.2) is 0 Å². The Labute approximate surface area is 116 Å². The summed E-state index contributed by atoms with van der Waals surface area (Å²) < 4.78 is 14.9. The summed E-state index contributed by atoms with van der Waals surface area (Å²) in [5.74, 6) is -0.0681. The van der Waals surface area contributed by atoms with Gasteiger partial charge in [0.1, 0.15) is 5.82 Å². The Balaban J connectivity index is 1.78. The molecule has 1 aliphatic heterocycles. The van der Waals surface area contributed by atoms with Crippen LogP contribution in [-0.2, 0) is 0 Å². The fourth-order valence-corrected chi connectivity index (χ4v) is 3.98. The van der Waals surface area contributed by atoms with Gasteiger partial charge in [-0.2, -0.15) is 0 Å². The molecule has 92 valence electrons. The van der Waals surface area contributed by atoms with Crippen LogP contribution in [0.4, 0.5) is 10.1 Å². The lowest BCUT2D eigenvalue weighted by Crippen LogP contribution is -2.44. The van der Waals surface area contributed by atoms with Crippen molar-refractivity contribution < 1.29 is 4.39 Å². The Morgan fingerprint density at radius 3 is 2.35 bits per heavy atom. The number of para-hydroxylation sites is 1. The number of nitrogens with zero attached hydrogens (tertiary/aromatic N) is 1. The van der Waals surface area contributed by atoms with E-state index in [-0.39, 0.29) is 5.82 Å². The van der Waals surface area contributed by atoms with E-state index in [0.29, 0.717) is 5.41 Å². The fourth-order valence-electron chi connectivity index (χ4n) is 3.17. The van der Waals surface area contributed by atoms with E-state index in [4.69, 9.17) is 0 Å². The van der Waals surface area contributed by atoms with Gasteiger partial charge in [-0.1, -0.05) is 12.5 Å². The molecule has 0 aromatic heterocycles. The maximum Gasteiger partial charge on any atom is 0.147 e. The van der Waals surface area contributed by atoms with Crippen LogP contribution in [0.1, 0.15) is 32.1 Å². The van der Waals surface area contributed by atoms with Crippen LogP contribution in [0.3, 0.4) is 0 Å². The van der Waals surface area contributed by atoms with Gasteiger partial charge < -0.3 is 4.90 Å². The third kappa shape index (κ3) is 2.07. The number of benzene rings is 1. The predicted octanol–water partition coefficient (Wildman–Crippen LogP) is 4.20. The van der Waals surface area contributed by atoms with Crippen molar-refractivity contribution in [2.45, 2.75) is 32.1 Å². The highest BCUT2D eigenvalue weighted by Crippen LogP contribution is 2.49. The van der Waals surface area contributed by atoms with Gasteiger partial charge >= 0.3 is 0 Å². The molecule has 0 radical (unpaired) electrons. The van der Waals surface area contributed by atoms with Crippen molar-refractivity contribution in [2.24, 2.45) is 5.41 Å². The normalized spacial score (nSPS) is 22.6. The van der Waals surface area contributed by atoms with Crippen LogP contribution < -0.4 is 4.90 Å². The lowest BCUT2D eigenvalue weighted by molar-refractivity contribution is 0.0953. The molecule has 2 aliphatic rings. The van der Waals surface area contributed by atoms with Crippen LogP contribution in [0.2, 0.25) is 0 Å². The van der Waals surface area contributed by atoms with Gasteiger partial charge in [0.25, 0.3) is 0 Å². The first-order valence-corrected chi connectivity index (χ1v) is 7.47. The van der Waals surface area contributed by atoms with Gasteiger partial charge in [-0.3, -0.25) is 0 Å². The molecule has 0 N–H and O–H groups in total. The lowest BCUT2D eigenvalue weighted by atomic mass is 9.63. The van der Waals surface area contributed by atoms with Crippen LogP contribution in [-0.4, -0.2) is 13.1 Å². The molecule has 3 heteroatoms. The molecular weight excluding hydrogens is 328 g/mol. The molecule has 1 saturated heterocycles. The molecule has 0 bridgehead atoms. The van der Waals surface area contributed by atoms with Gasteiger partial charge in [-0.25, -0.2) is 4.39 Å². The SMILES string of the molecule is Fc1cccc(I)c1N1CCC2(CCC2)CC1. The maximum absolute atomic E-state index is 13.9. The van der Waals surface area contributed by atoms with Crippen molar-refractivity contribution >= 4 is 28.3 Å². The smallest absolute Gasteiger partial charge is 0.147 e. The largest absolute Gasteiger partial charge is 0.368 e. The van der Waals surface area contributed by atoms with E-state index in [1.165, 1.54) is 32.1 Å². The van der Waals surface area contributed by atoms with E-state index in [2.05, 4.69) is 27.5 Å². The zero-order valence-electron chi connectivity index (χ0n) is 9.88. The summed E-state index contributed by atoms with van der Waals surface area (Å²) in [5.41, 5.74) is 1.45. The van der Waals surface area contributed by atoms with Gasteiger partial charge in [-0.05, 0) is 65.8 Å². The van der Waals surface area contributed by atoms with E-state index in [0.717, 1.165) is 22.3 Å². The standard InChI is InChI=1S/C14H17FIN/c15-11-3-1-4-12(16)13(11)17-9-7-14(8-10-17)5-2-6-14/h1,3-4H,2,5-10H2. The van der Waals surface area contributed by atoms with Gasteiger partial charge in [0, 0.05) is 16.7 Å². The zero-order valence-corrected chi connectivity index (χ0v) is 12.0. The lowest BCUT2D eigenvalue weighted by Gasteiger charge is -2.48. The second-order valence-corrected chi connectivity index (χ2v) is 6.57. The quantitative estimate of drug-likeness (QED) is 0.690. The third-order valence-corrected chi connectivity index (χ3v) is 5.36. The molecule has 0 unspecified atom stereocenters. The summed E-state index contributed by atoms with van der Waals surface area (Å²) in [6, 6.07) is 5.36. The summed E-state index contributed by atoms with van der Waals surface area (Å²) in [5, 5.41) is 0. The molecule has 1 saturated carbocycles. The number of anilines is 1. The summed E-state index contributed by atoms with van der Waals surface area (Å²) in [7, 11) is 0. The van der Waals surface area contributed by atoms with Crippen LogP contribution in [0.15, 0.2) is 18.2 Å². The molecule has 1 heterocycles.